The molecule has 2 rings (SSSR count). The number of benzene rings is 1. The first kappa shape index (κ1) is 13.8. The first-order chi connectivity index (χ1) is 9.11. The highest BCUT2D eigenvalue weighted by Gasteiger charge is 2.17. The molecule has 0 aliphatic rings. The summed E-state index contributed by atoms with van der Waals surface area (Å²) in [5.41, 5.74) is 0.508. The Balaban J connectivity index is 2.09. The number of hydrogen-bond acceptors (Lipinski definition) is 5. The minimum absolute atomic E-state index is 0.0767. The molecular formula is C12H10ClFN2O2S. The van der Waals surface area contributed by atoms with E-state index in [1.54, 1.807) is 18.2 Å². The predicted octanol–water partition coefficient (Wildman–Crippen LogP) is 3.33. The Morgan fingerprint density at radius 2 is 2.26 bits per heavy atom. The average Bonchev–Trinajstić information content (AvgIpc) is 2.78. The van der Waals surface area contributed by atoms with Gasteiger partial charge in [-0.15, -0.1) is 0 Å². The lowest BCUT2D eigenvalue weighted by atomic mass is 10.2. The number of anilines is 1. The smallest absolute Gasteiger partial charge is 0.351 e. The van der Waals surface area contributed by atoms with Gasteiger partial charge in [0.05, 0.1) is 7.11 Å². The summed E-state index contributed by atoms with van der Waals surface area (Å²) >= 11 is 6.88. The van der Waals surface area contributed by atoms with Gasteiger partial charge in [0.15, 0.2) is 15.2 Å². The van der Waals surface area contributed by atoms with Gasteiger partial charge in [-0.25, -0.2) is 14.2 Å². The summed E-state index contributed by atoms with van der Waals surface area (Å²) in [5.74, 6) is -0.840. The van der Waals surface area contributed by atoms with Crippen molar-refractivity contribution in [2.45, 2.75) is 6.54 Å². The van der Waals surface area contributed by atoms with Crippen LogP contribution in [0.4, 0.5) is 9.52 Å². The lowest BCUT2D eigenvalue weighted by molar-refractivity contribution is 0.0606. The number of nitrogens with one attached hydrogen (secondary N) is 1. The summed E-state index contributed by atoms with van der Waals surface area (Å²) < 4.78 is 18.0. The van der Waals surface area contributed by atoms with Crippen molar-refractivity contribution in [3.05, 3.63) is 45.7 Å². The Morgan fingerprint density at radius 3 is 2.95 bits per heavy atom. The minimum Gasteiger partial charge on any atom is -0.465 e. The van der Waals surface area contributed by atoms with E-state index in [4.69, 9.17) is 11.6 Å². The number of carbonyl (C=O) groups excluding carboxylic acids is 1. The Kier molecular flexibility index (Phi) is 4.34. The summed E-state index contributed by atoms with van der Waals surface area (Å²) in [6.07, 6.45) is 0. The van der Waals surface area contributed by atoms with Crippen molar-refractivity contribution >= 4 is 34.0 Å². The molecule has 0 aliphatic heterocycles. The summed E-state index contributed by atoms with van der Waals surface area (Å²) in [4.78, 5) is 15.5. The Labute approximate surface area is 118 Å². The standard InChI is InChI=1S/C12H10ClFN2O2S/c1-18-11(17)9-10(13)16-12(19-9)15-6-7-4-2-3-5-8(7)14/h2-5H,6H2,1H3,(H,15,16). The van der Waals surface area contributed by atoms with Gasteiger partial charge in [-0.1, -0.05) is 41.1 Å². The molecule has 4 nitrogen and oxygen atoms in total. The van der Waals surface area contributed by atoms with E-state index in [2.05, 4.69) is 15.0 Å². The molecule has 0 saturated heterocycles. The van der Waals surface area contributed by atoms with Crippen molar-refractivity contribution in [1.82, 2.24) is 4.98 Å². The average molecular weight is 301 g/mol. The van der Waals surface area contributed by atoms with Crippen molar-refractivity contribution in [3.8, 4) is 0 Å². The Bertz CT molecular complexity index is 603. The maximum Gasteiger partial charge on any atom is 0.351 e. The van der Waals surface area contributed by atoms with Gasteiger partial charge in [0.1, 0.15) is 5.82 Å². The summed E-state index contributed by atoms with van der Waals surface area (Å²) in [6.45, 7) is 0.261. The second kappa shape index (κ2) is 5.99. The summed E-state index contributed by atoms with van der Waals surface area (Å²) in [7, 11) is 1.27. The molecule has 1 heterocycles. The zero-order valence-corrected chi connectivity index (χ0v) is 11.5. The predicted molar refractivity (Wildman–Crippen MR) is 72.2 cm³/mol. The molecule has 0 saturated carbocycles. The number of esters is 1. The highest BCUT2D eigenvalue weighted by Crippen LogP contribution is 2.27. The molecule has 0 amide bonds. The van der Waals surface area contributed by atoms with Crippen LogP contribution in [0, 0.1) is 5.82 Å². The molecule has 0 unspecified atom stereocenters. The molecule has 19 heavy (non-hydrogen) atoms. The number of hydrogen-bond donors (Lipinski definition) is 1. The van der Waals surface area contributed by atoms with E-state index in [0.717, 1.165) is 11.3 Å². The topological polar surface area (TPSA) is 51.2 Å². The van der Waals surface area contributed by atoms with Crippen molar-refractivity contribution in [2.24, 2.45) is 0 Å². The monoisotopic (exact) mass is 300 g/mol. The number of ether oxygens (including phenoxy) is 1. The third-order valence-corrected chi connectivity index (χ3v) is 3.72. The first-order valence-electron chi connectivity index (χ1n) is 5.33. The van der Waals surface area contributed by atoms with Gasteiger partial charge in [-0.2, -0.15) is 0 Å². The molecular weight excluding hydrogens is 291 g/mol. The molecule has 1 N–H and O–H groups in total. The van der Waals surface area contributed by atoms with Gasteiger partial charge in [-0.05, 0) is 6.07 Å². The van der Waals surface area contributed by atoms with E-state index < -0.39 is 5.97 Å². The number of aromatic nitrogens is 1. The van der Waals surface area contributed by atoms with E-state index in [-0.39, 0.29) is 22.4 Å². The molecule has 0 bridgehead atoms. The van der Waals surface area contributed by atoms with Gasteiger partial charge < -0.3 is 10.1 Å². The Hall–Kier alpha value is -1.66. The molecule has 0 spiro atoms. The molecule has 1 aromatic heterocycles. The quantitative estimate of drug-likeness (QED) is 0.880. The lowest BCUT2D eigenvalue weighted by Gasteiger charge is -2.03. The normalized spacial score (nSPS) is 10.3. The highest BCUT2D eigenvalue weighted by molar-refractivity contribution is 7.18. The second-order valence-electron chi connectivity index (χ2n) is 3.58. The minimum atomic E-state index is -0.540. The third-order valence-electron chi connectivity index (χ3n) is 2.34. The maximum atomic E-state index is 13.4. The number of halogens is 2. The molecule has 7 heteroatoms. The van der Waals surface area contributed by atoms with Gasteiger partial charge >= 0.3 is 5.97 Å². The SMILES string of the molecule is COC(=O)c1sc(NCc2ccccc2F)nc1Cl. The van der Waals surface area contributed by atoms with Gasteiger partial charge in [0.25, 0.3) is 0 Å². The van der Waals surface area contributed by atoms with Gasteiger partial charge in [-0.3, -0.25) is 0 Å². The number of methoxy groups -OCH3 is 1. The van der Waals surface area contributed by atoms with Crippen molar-refractivity contribution in [1.29, 1.82) is 0 Å². The maximum absolute atomic E-state index is 13.4. The largest absolute Gasteiger partial charge is 0.465 e. The van der Waals surface area contributed by atoms with Crippen LogP contribution < -0.4 is 5.32 Å². The fourth-order valence-electron chi connectivity index (χ4n) is 1.41. The number of carbonyl (C=O) groups is 1. The van der Waals surface area contributed by atoms with Crippen LogP contribution in [0.15, 0.2) is 24.3 Å². The van der Waals surface area contributed by atoms with Crippen molar-refractivity contribution in [3.63, 3.8) is 0 Å². The molecule has 0 fully saturated rings. The highest BCUT2D eigenvalue weighted by atomic mass is 35.5. The molecule has 2 aromatic rings. The zero-order chi connectivity index (χ0) is 13.8. The molecule has 100 valence electrons. The van der Waals surface area contributed by atoms with Crippen molar-refractivity contribution < 1.29 is 13.9 Å². The van der Waals surface area contributed by atoms with E-state index in [9.17, 15) is 9.18 Å². The molecule has 0 atom stereocenters. The van der Waals surface area contributed by atoms with Crippen LogP contribution in [-0.2, 0) is 11.3 Å². The summed E-state index contributed by atoms with van der Waals surface area (Å²) in [6, 6.07) is 6.41. The van der Waals surface area contributed by atoms with E-state index in [0.29, 0.717) is 10.7 Å². The Morgan fingerprint density at radius 1 is 1.53 bits per heavy atom. The van der Waals surface area contributed by atoms with Crippen LogP contribution in [0.1, 0.15) is 15.2 Å². The number of thiazole rings is 1. The van der Waals surface area contributed by atoms with Crippen molar-refractivity contribution in [2.75, 3.05) is 12.4 Å². The second-order valence-corrected chi connectivity index (χ2v) is 4.93. The lowest BCUT2D eigenvalue weighted by Crippen LogP contribution is -2.00. The van der Waals surface area contributed by atoms with Gasteiger partial charge in [0.2, 0.25) is 0 Å². The first-order valence-corrected chi connectivity index (χ1v) is 6.53. The molecule has 0 aliphatic carbocycles. The van der Waals surface area contributed by atoms with Crippen LogP contribution in [0.25, 0.3) is 0 Å². The summed E-state index contributed by atoms with van der Waals surface area (Å²) in [5, 5.41) is 3.43. The van der Waals surface area contributed by atoms with Gasteiger partial charge in [0, 0.05) is 12.1 Å². The fourth-order valence-corrected chi connectivity index (χ4v) is 2.51. The van der Waals surface area contributed by atoms with Crippen LogP contribution in [0.3, 0.4) is 0 Å². The van der Waals surface area contributed by atoms with Crippen LogP contribution in [0.5, 0.6) is 0 Å². The van der Waals surface area contributed by atoms with E-state index in [1.807, 2.05) is 0 Å². The third kappa shape index (κ3) is 3.21. The number of rotatable bonds is 4. The molecule has 0 radical (unpaired) electrons. The van der Waals surface area contributed by atoms with Crippen LogP contribution in [-0.4, -0.2) is 18.1 Å². The zero-order valence-electron chi connectivity index (χ0n) is 9.94. The van der Waals surface area contributed by atoms with Crippen LogP contribution >= 0.6 is 22.9 Å². The number of nitrogens with zero attached hydrogens (tertiary/aromatic N) is 1. The van der Waals surface area contributed by atoms with E-state index in [1.165, 1.54) is 13.2 Å². The molecule has 1 aromatic carbocycles. The van der Waals surface area contributed by atoms with E-state index >= 15 is 0 Å². The fraction of sp³-hybridized carbons (Fsp3) is 0.167. The van der Waals surface area contributed by atoms with Crippen LogP contribution in [0.2, 0.25) is 5.15 Å².